The average molecular weight is 168 g/mol. The Morgan fingerprint density at radius 3 is 2.67 bits per heavy atom. The summed E-state index contributed by atoms with van der Waals surface area (Å²) in [5, 5.41) is 0. The Labute approximate surface area is 73.6 Å². The van der Waals surface area contributed by atoms with Gasteiger partial charge >= 0.3 is 0 Å². The van der Waals surface area contributed by atoms with E-state index in [1.54, 1.807) is 13.4 Å². The fraction of sp³-hybridized carbons (Fsp3) is 0.700. The Morgan fingerprint density at radius 2 is 2.17 bits per heavy atom. The molecule has 0 amide bonds. The quantitative estimate of drug-likeness (QED) is 0.443. The molecule has 0 saturated heterocycles. The summed E-state index contributed by atoms with van der Waals surface area (Å²) in [5.41, 5.74) is 0.857. The lowest BCUT2D eigenvalue weighted by Gasteiger charge is -2.24. The van der Waals surface area contributed by atoms with Crippen LogP contribution in [0.4, 0.5) is 0 Å². The van der Waals surface area contributed by atoms with Gasteiger partial charge < -0.3 is 4.74 Å². The number of hydrogen-bond donors (Lipinski definition) is 0. The number of ether oxygens (including phenoxy) is 1. The van der Waals surface area contributed by atoms with Gasteiger partial charge in [-0.3, -0.25) is 4.79 Å². The van der Waals surface area contributed by atoms with Gasteiger partial charge in [-0.15, -0.1) is 0 Å². The molecule has 2 heteroatoms. The number of Topliss-reactive ketones (excluding diaryl/α,β-unsaturated/α-hetero) is 1. The van der Waals surface area contributed by atoms with E-state index in [2.05, 4.69) is 13.8 Å². The minimum Gasteiger partial charge on any atom is -0.504 e. The van der Waals surface area contributed by atoms with Crippen molar-refractivity contribution in [3.63, 3.8) is 0 Å². The van der Waals surface area contributed by atoms with Gasteiger partial charge in [-0.2, -0.15) is 0 Å². The zero-order valence-electron chi connectivity index (χ0n) is 7.96. The molecule has 0 spiro atoms. The molecule has 0 N–H and O–H groups in total. The lowest BCUT2D eigenvalue weighted by Crippen LogP contribution is -2.22. The molecule has 0 radical (unpaired) electrons. The molecule has 1 saturated carbocycles. The molecule has 2 nitrogen and oxygen atoms in total. The average Bonchev–Trinajstić information content (AvgIpc) is 1.96. The Morgan fingerprint density at radius 1 is 1.50 bits per heavy atom. The summed E-state index contributed by atoms with van der Waals surface area (Å²) in [5.74, 6) is 1.14. The van der Waals surface area contributed by atoms with Crippen LogP contribution in [0.1, 0.15) is 26.7 Å². The summed E-state index contributed by atoms with van der Waals surface area (Å²) < 4.78 is 4.87. The van der Waals surface area contributed by atoms with E-state index in [0.717, 1.165) is 12.0 Å². The Bertz CT molecular complexity index is 206. The number of hydrogen-bond acceptors (Lipinski definition) is 2. The third-order valence-electron chi connectivity index (χ3n) is 2.39. The molecule has 1 aliphatic rings. The Kier molecular flexibility index (Phi) is 2.90. The van der Waals surface area contributed by atoms with Gasteiger partial charge in [-0.05, 0) is 18.3 Å². The molecule has 0 bridgehead atoms. The summed E-state index contributed by atoms with van der Waals surface area (Å²) in [4.78, 5) is 11.5. The van der Waals surface area contributed by atoms with E-state index < -0.39 is 0 Å². The second-order valence-electron chi connectivity index (χ2n) is 3.68. The summed E-state index contributed by atoms with van der Waals surface area (Å²) in [6, 6.07) is 0. The number of ketones is 1. The monoisotopic (exact) mass is 168 g/mol. The highest BCUT2D eigenvalue weighted by Crippen LogP contribution is 2.30. The molecular weight excluding hydrogens is 152 g/mol. The van der Waals surface area contributed by atoms with E-state index >= 15 is 0 Å². The van der Waals surface area contributed by atoms with E-state index in [1.807, 2.05) is 0 Å². The van der Waals surface area contributed by atoms with Crippen molar-refractivity contribution in [3.8, 4) is 0 Å². The van der Waals surface area contributed by atoms with Crippen LogP contribution in [0, 0.1) is 11.8 Å². The smallest absolute Gasteiger partial charge is 0.162 e. The van der Waals surface area contributed by atoms with E-state index in [-0.39, 0.29) is 5.78 Å². The molecule has 0 aromatic carbocycles. The van der Waals surface area contributed by atoms with Gasteiger partial charge in [0.05, 0.1) is 13.4 Å². The number of carbonyl (C=O) groups is 1. The zero-order chi connectivity index (χ0) is 9.14. The number of carbonyl (C=O) groups excluding carboxylic acids is 1. The van der Waals surface area contributed by atoms with Crippen LogP contribution in [0.15, 0.2) is 11.8 Å². The highest BCUT2D eigenvalue weighted by atomic mass is 16.5. The number of allylic oxidation sites excluding steroid dienone is 1. The summed E-state index contributed by atoms with van der Waals surface area (Å²) in [6.45, 7) is 4.20. The lowest BCUT2D eigenvalue weighted by molar-refractivity contribution is -0.118. The Balaban J connectivity index is 2.74. The Hall–Kier alpha value is -0.790. The van der Waals surface area contributed by atoms with Crippen LogP contribution in [0.5, 0.6) is 0 Å². The molecule has 2 atom stereocenters. The van der Waals surface area contributed by atoms with Gasteiger partial charge in [0.2, 0.25) is 0 Å². The van der Waals surface area contributed by atoms with Gasteiger partial charge in [0.15, 0.2) is 5.78 Å². The molecule has 12 heavy (non-hydrogen) atoms. The fourth-order valence-electron chi connectivity index (χ4n) is 1.83. The summed E-state index contributed by atoms with van der Waals surface area (Å²) >= 11 is 0. The van der Waals surface area contributed by atoms with Crippen LogP contribution in [0.25, 0.3) is 0 Å². The van der Waals surface area contributed by atoms with Gasteiger partial charge in [0.25, 0.3) is 0 Å². The SMILES string of the molecule is CO/C=C1\C(=O)CC(C)CC1C. The molecule has 0 heterocycles. The maximum Gasteiger partial charge on any atom is 0.162 e. The maximum absolute atomic E-state index is 11.5. The molecule has 0 aromatic heterocycles. The predicted octanol–water partition coefficient (Wildman–Crippen LogP) is 2.15. The first-order valence-corrected chi connectivity index (χ1v) is 4.41. The van der Waals surface area contributed by atoms with E-state index in [9.17, 15) is 4.79 Å². The van der Waals surface area contributed by atoms with Crippen LogP contribution >= 0.6 is 0 Å². The van der Waals surface area contributed by atoms with Gasteiger partial charge in [-0.1, -0.05) is 13.8 Å². The number of methoxy groups -OCH3 is 1. The molecule has 2 unspecified atom stereocenters. The molecule has 0 aliphatic heterocycles. The van der Waals surface area contributed by atoms with Crippen molar-refractivity contribution in [2.75, 3.05) is 7.11 Å². The van der Waals surface area contributed by atoms with Crippen molar-refractivity contribution in [2.24, 2.45) is 11.8 Å². The second-order valence-corrected chi connectivity index (χ2v) is 3.68. The minimum absolute atomic E-state index is 0.253. The zero-order valence-corrected chi connectivity index (χ0v) is 7.96. The minimum atomic E-state index is 0.253. The molecule has 68 valence electrons. The topological polar surface area (TPSA) is 26.3 Å². The number of rotatable bonds is 1. The first kappa shape index (κ1) is 9.30. The fourth-order valence-corrected chi connectivity index (χ4v) is 1.83. The van der Waals surface area contributed by atoms with Crippen LogP contribution in [0.2, 0.25) is 0 Å². The lowest BCUT2D eigenvalue weighted by atomic mass is 9.79. The van der Waals surface area contributed by atoms with Crippen molar-refractivity contribution in [3.05, 3.63) is 11.8 Å². The van der Waals surface area contributed by atoms with Gasteiger partial charge in [0.1, 0.15) is 0 Å². The van der Waals surface area contributed by atoms with Crippen molar-refractivity contribution < 1.29 is 9.53 Å². The van der Waals surface area contributed by atoms with Gasteiger partial charge in [0, 0.05) is 12.0 Å². The standard InChI is InChI=1S/C10H16O2/c1-7-4-8(2)9(6-12-3)10(11)5-7/h6-8H,4-5H2,1-3H3/b9-6-. The van der Waals surface area contributed by atoms with E-state index in [0.29, 0.717) is 18.3 Å². The first-order chi connectivity index (χ1) is 5.65. The summed E-state index contributed by atoms with van der Waals surface area (Å²) in [6.07, 6.45) is 3.37. The van der Waals surface area contributed by atoms with Crippen molar-refractivity contribution in [1.29, 1.82) is 0 Å². The van der Waals surface area contributed by atoms with Crippen LogP contribution in [-0.4, -0.2) is 12.9 Å². The van der Waals surface area contributed by atoms with Crippen molar-refractivity contribution in [1.82, 2.24) is 0 Å². The van der Waals surface area contributed by atoms with Gasteiger partial charge in [-0.25, -0.2) is 0 Å². The molecular formula is C10H16O2. The first-order valence-electron chi connectivity index (χ1n) is 4.41. The van der Waals surface area contributed by atoms with E-state index in [4.69, 9.17) is 4.74 Å². The second kappa shape index (κ2) is 3.74. The van der Waals surface area contributed by atoms with Crippen LogP contribution in [-0.2, 0) is 9.53 Å². The molecule has 1 aliphatic carbocycles. The molecule has 1 fully saturated rings. The molecule has 1 rings (SSSR count). The predicted molar refractivity (Wildman–Crippen MR) is 47.7 cm³/mol. The van der Waals surface area contributed by atoms with Crippen molar-refractivity contribution in [2.45, 2.75) is 26.7 Å². The normalized spacial score (nSPS) is 33.9. The summed E-state index contributed by atoms with van der Waals surface area (Å²) in [7, 11) is 1.59. The molecule has 0 aromatic rings. The van der Waals surface area contributed by atoms with E-state index in [1.165, 1.54) is 0 Å². The van der Waals surface area contributed by atoms with Crippen molar-refractivity contribution >= 4 is 5.78 Å². The largest absolute Gasteiger partial charge is 0.504 e. The third-order valence-corrected chi connectivity index (χ3v) is 2.39. The van der Waals surface area contributed by atoms with Crippen LogP contribution < -0.4 is 0 Å². The maximum atomic E-state index is 11.5. The highest BCUT2D eigenvalue weighted by Gasteiger charge is 2.26. The van der Waals surface area contributed by atoms with Crippen LogP contribution in [0.3, 0.4) is 0 Å². The third kappa shape index (κ3) is 1.87. The highest BCUT2D eigenvalue weighted by molar-refractivity contribution is 5.96.